The van der Waals surface area contributed by atoms with Gasteiger partial charge in [-0.1, -0.05) is 437 Å². The summed E-state index contributed by atoms with van der Waals surface area (Å²) in [5.41, 5.74) is 6.84. The Hall–Kier alpha value is -3.09. The monoisotopic (exact) mass is 1650 g/mol. The molecule has 1 aromatic rings. The lowest BCUT2D eigenvalue weighted by molar-refractivity contribution is -0.148. The van der Waals surface area contributed by atoms with Crippen molar-refractivity contribution in [3.8, 4) is 0 Å². The molecular weight excluding hydrogens is 1430 g/mol. The van der Waals surface area contributed by atoms with E-state index in [2.05, 4.69) is 437 Å². The van der Waals surface area contributed by atoms with Gasteiger partial charge in [-0.3, -0.25) is 19.2 Å². The number of rotatable bonds is 16. The molecule has 0 aliphatic carbocycles. The topological polar surface area (TPSA) is 107 Å². The maximum atomic E-state index is 12.3. The van der Waals surface area contributed by atoms with Crippen molar-refractivity contribution in [1.29, 1.82) is 0 Å². The number of carbonyl (C=O) groups excluding carboxylic acids is 5. The van der Waals surface area contributed by atoms with Crippen molar-refractivity contribution in [3.63, 3.8) is 0 Å². The Labute approximate surface area is 739 Å². The van der Waals surface area contributed by atoms with Crippen molar-refractivity contribution in [2.75, 3.05) is 0 Å². The molecule has 1 aromatic carbocycles. The largest absolute Gasteiger partial charge is 0.457 e. The van der Waals surface area contributed by atoms with Crippen LogP contribution in [-0.2, 0) is 34.1 Å². The number of Topliss-reactive ketones (excluding diaryl/α,β-unsaturated/α-hetero) is 3. The minimum Gasteiger partial charge on any atom is -0.457 e. The van der Waals surface area contributed by atoms with E-state index in [1.54, 1.807) is 6.08 Å². The molecule has 1 N–H and O–H groups in total. The fourth-order valence-electron chi connectivity index (χ4n) is 12.4. The van der Waals surface area contributed by atoms with E-state index in [-0.39, 0.29) is 78.0 Å². The first-order chi connectivity index (χ1) is 50.1. The first-order valence-electron chi connectivity index (χ1n) is 45.9. The van der Waals surface area contributed by atoms with Crippen LogP contribution in [0.4, 0.5) is 0 Å². The highest BCUT2D eigenvalue weighted by Crippen LogP contribution is 2.42. The molecule has 0 fully saturated rings. The van der Waals surface area contributed by atoms with Crippen LogP contribution >= 0.6 is 0 Å². The zero-order valence-corrected chi connectivity index (χ0v) is 92.0. The van der Waals surface area contributed by atoms with Gasteiger partial charge in [-0.05, 0) is 181 Å². The van der Waals surface area contributed by atoms with Gasteiger partial charge in [-0.25, -0.2) is 4.79 Å². The van der Waals surface area contributed by atoms with Gasteiger partial charge >= 0.3 is 5.97 Å². The van der Waals surface area contributed by atoms with E-state index in [1.165, 1.54) is 24.8 Å². The van der Waals surface area contributed by atoms with Crippen molar-refractivity contribution in [2.24, 2.45) is 104 Å². The Bertz CT molecular complexity index is 2700. The van der Waals surface area contributed by atoms with Gasteiger partial charge in [0.1, 0.15) is 23.0 Å². The van der Waals surface area contributed by atoms with Gasteiger partial charge in [-0.15, -0.1) is 0 Å². The number of hydrogen-bond donors (Lipinski definition) is 1. The number of amides is 1. The molecule has 1 rings (SSSR count). The second-order valence-corrected chi connectivity index (χ2v) is 58.0. The summed E-state index contributed by atoms with van der Waals surface area (Å²) in [7, 11) is 0. The van der Waals surface area contributed by atoms with Crippen LogP contribution in [0.2, 0.25) is 0 Å². The first-order valence-corrected chi connectivity index (χ1v) is 45.9. The molecule has 0 radical (unpaired) electrons. The molecule has 0 heterocycles. The molecule has 0 spiro atoms. The Kier molecular flexibility index (Phi) is 60.1. The van der Waals surface area contributed by atoms with Crippen LogP contribution in [0.3, 0.4) is 0 Å². The number of benzene rings is 1. The molecule has 1 unspecified atom stereocenters. The van der Waals surface area contributed by atoms with Crippen LogP contribution in [-0.4, -0.2) is 40.9 Å². The molecule has 702 valence electrons. The van der Waals surface area contributed by atoms with E-state index in [9.17, 15) is 24.0 Å². The van der Waals surface area contributed by atoms with Gasteiger partial charge in [-0.2, -0.15) is 0 Å². The number of nitrogens with one attached hydrogen (secondary N) is 1. The second kappa shape index (κ2) is 53.3. The molecule has 0 saturated carbocycles. The number of ketones is 3. The highest BCUT2D eigenvalue weighted by atomic mass is 16.6. The van der Waals surface area contributed by atoms with E-state index < -0.39 is 5.60 Å². The van der Waals surface area contributed by atoms with Gasteiger partial charge in [0.25, 0.3) is 0 Å². The maximum absolute atomic E-state index is 12.3. The van der Waals surface area contributed by atoms with Crippen LogP contribution in [0.5, 0.6) is 0 Å². The molecule has 0 aliphatic heterocycles. The van der Waals surface area contributed by atoms with E-state index in [4.69, 9.17) is 4.74 Å². The highest BCUT2D eigenvalue weighted by molar-refractivity contribution is 5.84. The van der Waals surface area contributed by atoms with Crippen LogP contribution in [0.25, 0.3) is 0 Å². The predicted molar refractivity (Wildman–Crippen MR) is 531 cm³/mol. The lowest BCUT2D eigenvalue weighted by Crippen LogP contribution is -2.46. The van der Waals surface area contributed by atoms with Crippen molar-refractivity contribution in [1.82, 2.24) is 5.32 Å². The Morgan fingerprint density at radius 2 is 0.658 bits per heavy atom. The SMILES string of the molecule is CC(C)(C)C.CC(C)(C)C.CC(C)(C)C/C(=C/C(=O)OC(C)(C)C)C(C)(C)C.CC(C)(C)CC(=O)CC(C)(C)C.CC(C)(C)CC(=O)NC(CC(C)(C)C)C(C)(C)C.CC(C)(C)CC(C)(C)C.CC(C)(C)CCC(C)(C)C.CC(C)(C)CCCC(=O)CC(C)(C)C.CC(C)(C)c1ccccc1.CC(C)CCC(=O)C(C(C)(C)C)C(C)(C)C. The minimum absolute atomic E-state index is 0.00974. The summed E-state index contributed by atoms with van der Waals surface area (Å²) in [6.07, 6.45) is 14.9. The van der Waals surface area contributed by atoms with Gasteiger partial charge < -0.3 is 10.1 Å². The Morgan fingerprint density at radius 3 is 0.872 bits per heavy atom. The Balaban J connectivity index is -0.000000161. The number of allylic oxidation sites excluding steroid dienone is 1. The van der Waals surface area contributed by atoms with Gasteiger partial charge in [0.05, 0.1) is 0 Å². The van der Waals surface area contributed by atoms with E-state index in [1.807, 2.05) is 20.8 Å². The molecule has 1 atom stereocenters. The van der Waals surface area contributed by atoms with Crippen LogP contribution in [0, 0.1) is 104 Å². The lowest BCUT2D eigenvalue weighted by Gasteiger charge is -2.39. The molecule has 7 heteroatoms. The predicted octanol–water partition coefficient (Wildman–Crippen LogP) is 35.9. The van der Waals surface area contributed by atoms with E-state index in [0.717, 1.165) is 56.9 Å². The molecular formula is C110H221NO6. The molecule has 117 heavy (non-hydrogen) atoms. The van der Waals surface area contributed by atoms with Crippen molar-refractivity contribution in [2.45, 2.75) is 529 Å². The van der Waals surface area contributed by atoms with Crippen LogP contribution in [0.15, 0.2) is 42.0 Å². The summed E-state index contributed by atoms with van der Waals surface area (Å²) < 4.78 is 5.36. The second-order valence-electron chi connectivity index (χ2n) is 58.0. The fourth-order valence-corrected chi connectivity index (χ4v) is 12.4. The van der Waals surface area contributed by atoms with Crippen molar-refractivity contribution < 1.29 is 28.7 Å². The number of carbonyl (C=O) groups is 5. The molecule has 0 saturated heterocycles. The van der Waals surface area contributed by atoms with Gasteiger partial charge in [0.2, 0.25) is 5.91 Å². The summed E-state index contributed by atoms with van der Waals surface area (Å²) >= 11 is 0. The zero-order chi connectivity index (χ0) is 96.8. The van der Waals surface area contributed by atoms with Gasteiger partial charge in [0.15, 0.2) is 0 Å². The third kappa shape index (κ3) is 122. The average molecular weight is 1650 g/mol. The minimum atomic E-state index is -0.432. The van der Waals surface area contributed by atoms with E-state index in [0.29, 0.717) is 85.9 Å². The third-order valence-corrected chi connectivity index (χ3v) is 16.2. The summed E-state index contributed by atoms with van der Waals surface area (Å²) in [5.74, 6) is 1.94. The van der Waals surface area contributed by atoms with Gasteiger partial charge in [0, 0.05) is 56.6 Å². The molecule has 0 bridgehead atoms. The molecule has 7 nitrogen and oxygen atoms in total. The van der Waals surface area contributed by atoms with E-state index >= 15 is 0 Å². The number of esters is 1. The molecule has 1 amide bonds. The summed E-state index contributed by atoms with van der Waals surface area (Å²) in [6, 6.07) is 10.8. The number of ether oxygens (including phenoxy) is 1. The fraction of sp³-hybridized carbons (Fsp3) is 0.882. The lowest BCUT2D eigenvalue weighted by atomic mass is 9.64. The first kappa shape index (κ1) is 132. The Morgan fingerprint density at radius 1 is 0.350 bits per heavy atom. The summed E-state index contributed by atoms with van der Waals surface area (Å²) in [5, 5.41) is 3.23. The zero-order valence-electron chi connectivity index (χ0n) is 92.0. The summed E-state index contributed by atoms with van der Waals surface area (Å²) in [6.45, 7) is 133. The molecule has 0 aromatic heterocycles. The molecule has 0 aliphatic rings. The van der Waals surface area contributed by atoms with Crippen LogP contribution < -0.4 is 5.32 Å². The van der Waals surface area contributed by atoms with Crippen LogP contribution in [0.1, 0.15) is 518 Å². The smallest absolute Gasteiger partial charge is 0.331 e. The van der Waals surface area contributed by atoms with Crippen molar-refractivity contribution in [3.05, 3.63) is 47.5 Å². The van der Waals surface area contributed by atoms with Crippen molar-refractivity contribution >= 4 is 29.2 Å². The summed E-state index contributed by atoms with van der Waals surface area (Å²) in [4.78, 5) is 59.4. The maximum Gasteiger partial charge on any atom is 0.331 e. The average Bonchev–Trinajstić information content (AvgIpc) is 0.816. The highest BCUT2D eigenvalue weighted by Gasteiger charge is 2.40. The quantitative estimate of drug-likeness (QED) is 0.131. The third-order valence-electron chi connectivity index (χ3n) is 16.2. The standard InChI is InChI=1S/C16H33NO.C16H30O2.C15H30O.C13H26O.C11H22O.C10H14.C10H22.C9H20.2C5H12/c1-14(2,3)10-12(16(7,8)9)17-13(18)11-15(4,5)6;1-14(2,3)11-12(15(4,5)6)10-13(17)18-16(7,8)9;1-11(2)9-10-12(16)13(14(3,4)5)15(6,7)8;1-12(2,3)9-7-8-11(14)10-13(4,5)6;1-10(2,3)7-9(12)8-11(4,5)6;1-10(2,3)9-7-5-4-6-8-9;1-9(2,3)7-8-10(4,5)6;1-8(2,3)7-9(4,5)6;2*1-5(2,3)4/h12H,10-11H2,1-9H3,(H,17,18);10H,11H2,1-9H3;11,13H,9-10H2,1-8H3;7-10H2,1-6H3;7-8H2,1-6H3;4-8H,1-3H3;7-8H2,1-6H3;7H2,1-6H3;2*1-4H3/b;12-10-;;;;;;;;. The number of hydrogen-bond acceptors (Lipinski definition) is 6. The normalized spacial score (nSPS) is 13.6.